The van der Waals surface area contributed by atoms with Crippen molar-refractivity contribution in [2.75, 3.05) is 0 Å². The standard InChI is InChI=1S/C7H7BrFN/c1-5-2-3-10-6(4-8)7(5)9/h2-3H,4H2,1H3. The van der Waals surface area contributed by atoms with Crippen molar-refractivity contribution in [1.82, 2.24) is 4.98 Å². The first-order chi connectivity index (χ1) is 4.75. The number of rotatable bonds is 1. The largest absolute Gasteiger partial charge is 0.257 e. The van der Waals surface area contributed by atoms with Gasteiger partial charge in [-0.2, -0.15) is 0 Å². The molecule has 0 aliphatic carbocycles. The van der Waals surface area contributed by atoms with Crippen LogP contribution in [0, 0.1) is 12.7 Å². The second-order valence-corrected chi connectivity index (χ2v) is 2.58. The minimum absolute atomic E-state index is 0.209. The summed E-state index contributed by atoms with van der Waals surface area (Å²) in [5.41, 5.74) is 1.12. The van der Waals surface area contributed by atoms with Crippen molar-refractivity contribution in [2.24, 2.45) is 0 Å². The van der Waals surface area contributed by atoms with Crippen LogP contribution in [0.2, 0.25) is 0 Å². The highest BCUT2D eigenvalue weighted by atomic mass is 79.9. The van der Waals surface area contributed by atoms with E-state index in [0.29, 0.717) is 16.6 Å². The number of hydrogen-bond donors (Lipinski definition) is 0. The fraction of sp³-hybridized carbons (Fsp3) is 0.286. The van der Waals surface area contributed by atoms with E-state index in [1.807, 2.05) is 0 Å². The minimum Gasteiger partial charge on any atom is -0.257 e. The molecular weight excluding hydrogens is 197 g/mol. The Balaban J connectivity index is 3.14. The van der Waals surface area contributed by atoms with Crippen molar-refractivity contribution in [3.8, 4) is 0 Å². The van der Waals surface area contributed by atoms with Crippen molar-refractivity contribution in [3.63, 3.8) is 0 Å². The van der Waals surface area contributed by atoms with E-state index in [1.165, 1.54) is 0 Å². The van der Waals surface area contributed by atoms with Gasteiger partial charge in [-0.05, 0) is 18.6 Å². The molecule has 0 aromatic carbocycles. The summed E-state index contributed by atoms with van der Waals surface area (Å²) in [5.74, 6) is -0.209. The van der Waals surface area contributed by atoms with E-state index in [0.717, 1.165) is 0 Å². The summed E-state index contributed by atoms with van der Waals surface area (Å²) >= 11 is 3.14. The van der Waals surface area contributed by atoms with Crippen LogP contribution in [0.3, 0.4) is 0 Å². The first-order valence-corrected chi connectivity index (χ1v) is 4.04. The van der Waals surface area contributed by atoms with Gasteiger partial charge in [0.05, 0.1) is 5.69 Å². The molecule has 1 heterocycles. The average molecular weight is 204 g/mol. The molecule has 0 N–H and O–H groups in total. The summed E-state index contributed by atoms with van der Waals surface area (Å²) < 4.78 is 12.9. The Morgan fingerprint density at radius 3 is 2.90 bits per heavy atom. The van der Waals surface area contributed by atoms with Crippen LogP contribution in [0.15, 0.2) is 12.3 Å². The predicted molar refractivity (Wildman–Crippen MR) is 41.6 cm³/mol. The molecule has 0 radical (unpaired) electrons. The van der Waals surface area contributed by atoms with E-state index in [1.54, 1.807) is 19.2 Å². The number of aryl methyl sites for hydroxylation is 1. The lowest BCUT2D eigenvalue weighted by Gasteiger charge is -1.98. The zero-order valence-electron chi connectivity index (χ0n) is 5.56. The van der Waals surface area contributed by atoms with E-state index in [4.69, 9.17) is 0 Å². The van der Waals surface area contributed by atoms with Gasteiger partial charge in [0.25, 0.3) is 0 Å². The highest BCUT2D eigenvalue weighted by molar-refractivity contribution is 9.08. The first-order valence-electron chi connectivity index (χ1n) is 2.91. The fourth-order valence-electron chi connectivity index (χ4n) is 0.690. The Bertz CT molecular complexity index is 237. The van der Waals surface area contributed by atoms with Gasteiger partial charge in [0.1, 0.15) is 5.82 Å². The van der Waals surface area contributed by atoms with E-state index in [2.05, 4.69) is 20.9 Å². The second kappa shape index (κ2) is 3.10. The maximum atomic E-state index is 12.9. The van der Waals surface area contributed by atoms with Crippen molar-refractivity contribution >= 4 is 15.9 Å². The summed E-state index contributed by atoms with van der Waals surface area (Å²) in [6.07, 6.45) is 1.61. The van der Waals surface area contributed by atoms with Gasteiger partial charge < -0.3 is 0 Å². The molecule has 54 valence electrons. The third-order valence-electron chi connectivity index (χ3n) is 1.28. The number of halogens is 2. The Labute approximate surface area is 67.4 Å². The first kappa shape index (κ1) is 7.66. The monoisotopic (exact) mass is 203 g/mol. The third kappa shape index (κ3) is 1.34. The average Bonchev–Trinajstić information content (AvgIpc) is 1.95. The number of hydrogen-bond acceptors (Lipinski definition) is 1. The van der Waals surface area contributed by atoms with E-state index < -0.39 is 0 Å². The summed E-state index contributed by atoms with van der Waals surface area (Å²) in [7, 11) is 0. The van der Waals surface area contributed by atoms with Crippen LogP contribution in [0.1, 0.15) is 11.3 Å². The zero-order valence-corrected chi connectivity index (χ0v) is 7.15. The van der Waals surface area contributed by atoms with Crippen molar-refractivity contribution in [3.05, 3.63) is 29.3 Å². The van der Waals surface area contributed by atoms with Gasteiger partial charge in [0.15, 0.2) is 0 Å². The molecule has 0 bridgehead atoms. The molecule has 0 saturated carbocycles. The van der Waals surface area contributed by atoms with Gasteiger partial charge in [0, 0.05) is 11.5 Å². The molecule has 1 nitrogen and oxygen atoms in total. The van der Waals surface area contributed by atoms with Gasteiger partial charge in [0.2, 0.25) is 0 Å². The fourth-order valence-corrected chi connectivity index (χ4v) is 1.08. The second-order valence-electron chi connectivity index (χ2n) is 2.02. The highest BCUT2D eigenvalue weighted by Crippen LogP contribution is 2.11. The smallest absolute Gasteiger partial charge is 0.148 e. The lowest BCUT2D eigenvalue weighted by atomic mass is 10.2. The van der Waals surface area contributed by atoms with Gasteiger partial charge >= 0.3 is 0 Å². The van der Waals surface area contributed by atoms with Gasteiger partial charge in [-0.3, -0.25) is 4.98 Å². The van der Waals surface area contributed by atoms with Crippen molar-refractivity contribution in [1.29, 1.82) is 0 Å². The molecule has 0 amide bonds. The van der Waals surface area contributed by atoms with Gasteiger partial charge in [-0.25, -0.2) is 4.39 Å². The van der Waals surface area contributed by atoms with Crippen molar-refractivity contribution in [2.45, 2.75) is 12.3 Å². The number of aromatic nitrogens is 1. The van der Waals surface area contributed by atoms with Crippen LogP contribution >= 0.6 is 15.9 Å². The van der Waals surface area contributed by atoms with Crippen LogP contribution in [-0.2, 0) is 5.33 Å². The van der Waals surface area contributed by atoms with Crippen LogP contribution in [0.25, 0.3) is 0 Å². The van der Waals surface area contributed by atoms with Crippen LogP contribution in [0.4, 0.5) is 4.39 Å². The maximum absolute atomic E-state index is 12.9. The van der Waals surface area contributed by atoms with E-state index in [-0.39, 0.29) is 5.82 Å². The Morgan fingerprint density at radius 2 is 2.40 bits per heavy atom. The summed E-state index contributed by atoms with van der Waals surface area (Å²) in [5, 5.41) is 0.473. The van der Waals surface area contributed by atoms with Crippen LogP contribution in [-0.4, -0.2) is 4.98 Å². The third-order valence-corrected chi connectivity index (χ3v) is 1.81. The minimum atomic E-state index is -0.209. The molecule has 10 heavy (non-hydrogen) atoms. The quantitative estimate of drug-likeness (QED) is 0.640. The molecule has 1 rings (SSSR count). The molecule has 1 aromatic heterocycles. The number of nitrogens with zero attached hydrogens (tertiary/aromatic N) is 1. The van der Waals surface area contributed by atoms with Crippen LogP contribution in [0.5, 0.6) is 0 Å². The molecule has 0 aliphatic heterocycles. The summed E-state index contributed by atoms with van der Waals surface area (Å²) in [6, 6.07) is 1.65. The van der Waals surface area contributed by atoms with Crippen molar-refractivity contribution < 1.29 is 4.39 Å². The summed E-state index contributed by atoms with van der Waals surface area (Å²) in [6.45, 7) is 1.73. The molecule has 0 fully saturated rings. The highest BCUT2D eigenvalue weighted by Gasteiger charge is 2.02. The Kier molecular flexibility index (Phi) is 2.38. The Morgan fingerprint density at radius 1 is 1.70 bits per heavy atom. The molecule has 0 aliphatic rings. The van der Waals surface area contributed by atoms with Gasteiger partial charge in [-0.15, -0.1) is 0 Å². The number of pyridine rings is 1. The molecule has 3 heteroatoms. The predicted octanol–water partition coefficient (Wildman–Crippen LogP) is 2.42. The topological polar surface area (TPSA) is 12.9 Å². The normalized spacial score (nSPS) is 9.90. The molecule has 0 spiro atoms. The number of alkyl halides is 1. The lowest BCUT2D eigenvalue weighted by Crippen LogP contribution is -1.92. The molecular formula is C7H7BrFN. The lowest BCUT2D eigenvalue weighted by molar-refractivity contribution is 0.599. The van der Waals surface area contributed by atoms with Gasteiger partial charge in [-0.1, -0.05) is 15.9 Å². The maximum Gasteiger partial charge on any atom is 0.148 e. The molecule has 0 saturated heterocycles. The van der Waals surface area contributed by atoms with Crippen LogP contribution < -0.4 is 0 Å². The molecule has 0 unspecified atom stereocenters. The SMILES string of the molecule is Cc1ccnc(CBr)c1F. The summed E-state index contributed by atoms with van der Waals surface area (Å²) in [4.78, 5) is 3.84. The molecule has 0 atom stereocenters. The van der Waals surface area contributed by atoms with E-state index in [9.17, 15) is 4.39 Å². The van der Waals surface area contributed by atoms with E-state index >= 15 is 0 Å². The molecule has 1 aromatic rings. The zero-order chi connectivity index (χ0) is 7.56. The Hall–Kier alpha value is -0.440.